The minimum Gasteiger partial charge on any atom is -0.411 e. The molecule has 0 atom stereocenters. The Morgan fingerprint density at radius 3 is 2.86 bits per heavy atom. The first-order valence-electron chi connectivity index (χ1n) is 2.57. The molecule has 1 N–H and O–H groups in total. The van der Waals surface area contributed by atoms with Gasteiger partial charge in [0.05, 0.1) is 0 Å². The van der Waals surface area contributed by atoms with Crippen LogP contribution in [-0.2, 0) is 0 Å². The molecule has 0 aliphatic carbocycles. The average Bonchev–Trinajstić information content (AvgIpc) is 1.69. The number of hydrogen-bond donors (Lipinski definition) is 1. The van der Waals surface area contributed by atoms with Crippen LogP contribution in [0.25, 0.3) is 0 Å². The molecule has 0 aliphatic rings. The normalized spacial score (nSPS) is 10.4. The summed E-state index contributed by atoms with van der Waals surface area (Å²) in [5, 5.41) is 10.7. The molecule has 0 aromatic carbocycles. The molecule has 0 fully saturated rings. The van der Waals surface area contributed by atoms with Gasteiger partial charge in [-0.1, -0.05) is 13.3 Å². The summed E-state index contributed by atoms with van der Waals surface area (Å²) in [6, 6.07) is 0. The van der Waals surface area contributed by atoms with E-state index in [1.54, 1.807) is 0 Å². The molecule has 0 unspecified atom stereocenters. The van der Waals surface area contributed by atoms with Crippen molar-refractivity contribution in [1.82, 2.24) is 0 Å². The first kappa shape index (κ1) is 6.47. The van der Waals surface area contributed by atoms with Crippen molar-refractivity contribution in [2.24, 2.45) is 5.16 Å². The van der Waals surface area contributed by atoms with Crippen LogP contribution < -0.4 is 0 Å². The minimum absolute atomic E-state index is 0.896. The lowest BCUT2D eigenvalue weighted by atomic mass is 10.3. The summed E-state index contributed by atoms with van der Waals surface area (Å²) in [6.45, 7) is 2.10. The van der Waals surface area contributed by atoms with Gasteiger partial charge in [-0.3, -0.25) is 0 Å². The van der Waals surface area contributed by atoms with E-state index in [4.69, 9.17) is 5.21 Å². The molecule has 0 aliphatic heterocycles. The van der Waals surface area contributed by atoms with Crippen LogP contribution in [0.3, 0.4) is 0 Å². The van der Waals surface area contributed by atoms with Gasteiger partial charge in [0.2, 0.25) is 0 Å². The molecule has 0 aromatic heterocycles. The maximum absolute atomic E-state index is 7.86. The van der Waals surface area contributed by atoms with Crippen LogP contribution in [0.15, 0.2) is 5.16 Å². The molecular weight excluding hydrogens is 90.1 g/mol. The molecular formula is C5H11NO. The van der Waals surface area contributed by atoms with Crippen molar-refractivity contribution in [2.45, 2.75) is 26.2 Å². The van der Waals surface area contributed by atoms with Gasteiger partial charge >= 0.3 is 0 Å². The second-order valence-corrected chi connectivity index (χ2v) is 1.44. The standard InChI is InChI=1S/C5H11NO/c1-2-3-4-5-6-7/h5,7H,2-4H2,1H3. The monoisotopic (exact) mass is 101 g/mol. The van der Waals surface area contributed by atoms with Crippen LogP contribution >= 0.6 is 0 Å². The molecule has 0 rings (SSSR count). The SMILES string of the molecule is CCCCC=NO. The summed E-state index contributed by atoms with van der Waals surface area (Å²) < 4.78 is 0. The molecule has 0 bridgehead atoms. The predicted octanol–water partition coefficient (Wildman–Crippen LogP) is 1.64. The Balaban J connectivity index is 2.69. The molecule has 2 heteroatoms. The van der Waals surface area contributed by atoms with Gasteiger partial charge in [-0.05, 0) is 12.8 Å². The van der Waals surface area contributed by atoms with E-state index in [2.05, 4.69) is 12.1 Å². The van der Waals surface area contributed by atoms with Crippen LogP contribution in [-0.4, -0.2) is 11.4 Å². The molecule has 0 saturated carbocycles. The molecule has 0 amide bonds. The van der Waals surface area contributed by atoms with E-state index in [0.29, 0.717) is 0 Å². The molecule has 7 heavy (non-hydrogen) atoms. The fourth-order valence-corrected chi connectivity index (χ4v) is 0.353. The smallest absolute Gasteiger partial charge is 0.0435 e. The number of nitrogens with zero attached hydrogens (tertiary/aromatic N) is 1. The molecule has 0 saturated heterocycles. The first-order chi connectivity index (χ1) is 3.41. The second-order valence-electron chi connectivity index (χ2n) is 1.44. The lowest BCUT2D eigenvalue weighted by Crippen LogP contribution is -1.72. The average molecular weight is 101 g/mol. The Kier molecular flexibility index (Phi) is 5.06. The predicted molar refractivity (Wildman–Crippen MR) is 29.8 cm³/mol. The molecule has 0 aromatic rings. The zero-order valence-corrected chi connectivity index (χ0v) is 4.59. The van der Waals surface area contributed by atoms with Gasteiger partial charge in [-0.2, -0.15) is 0 Å². The van der Waals surface area contributed by atoms with E-state index in [1.165, 1.54) is 6.21 Å². The Morgan fingerprint density at radius 1 is 1.71 bits per heavy atom. The van der Waals surface area contributed by atoms with Crippen LogP contribution in [0.4, 0.5) is 0 Å². The summed E-state index contributed by atoms with van der Waals surface area (Å²) >= 11 is 0. The van der Waals surface area contributed by atoms with Crippen LogP contribution in [0.2, 0.25) is 0 Å². The highest BCUT2D eigenvalue weighted by molar-refractivity contribution is 5.55. The Hall–Kier alpha value is -0.530. The van der Waals surface area contributed by atoms with Gasteiger partial charge in [0.1, 0.15) is 0 Å². The fraction of sp³-hybridized carbons (Fsp3) is 0.800. The third-order valence-corrected chi connectivity index (χ3v) is 0.768. The highest BCUT2D eigenvalue weighted by Crippen LogP contribution is 1.88. The Morgan fingerprint density at radius 2 is 2.43 bits per heavy atom. The quantitative estimate of drug-likeness (QED) is 0.249. The van der Waals surface area contributed by atoms with E-state index in [-0.39, 0.29) is 0 Å². The zero-order valence-electron chi connectivity index (χ0n) is 4.59. The maximum Gasteiger partial charge on any atom is 0.0435 e. The van der Waals surface area contributed by atoms with Crippen molar-refractivity contribution < 1.29 is 5.21 Å². The van der Waals surface area contributed by atoms with Crippen molar-refractivity contribution >= 4 is 6.21 Å². The molecule has 42 valence electrons. The summed E-state index contributed by atoms with van der Waals surface area (Å²) in [5.74, 6) is 0. The highest BCUT2D eigenvalue weighted by atomic mass is 16.4. The number of hydrogen-bond acceptors (Lipinski definition) is 2. The van der Waals surface area contributed by atoms with Crippen LogP contribution in [0, 0.1) is 0 Å². The van der Waals surface area contributed by atoms with E-state index >= 15 is 0 Å². The number of rotatable bonds is 3. The van der Waals surface area contributed by atoms with Gasteiger partial charge in [-0.15, -0.1) is 5.16 Å². The third-order valence-electron chi connectivity index (χ3n) is 0.768. The van der Waals surface area contributed by atoms with Crippen LogP contribution in [0.1, 0.15) is 26.2 Å². The topological polar surface area (TPSA) is 32.6 Å². The van der Waals surface area contributed by atoms with E-state index in [0.717, 1.165) is 19.3 Å². The van der Waals surface area contributed by atoms with Gasteiger partial charge in [0.25, 0.3) is 0 Å². The van der Waals surface area contributed by atoms with Gasteiger partial charge in [0, 0.05) is 6.21 Å². The van der Waals surface area contributed by atoms with Gasteiger partial charge in [-0.25, -0.2) is 0 Å². The molecule has 2 nitrogen and oxygen atoms in total. The van der Waals surface area contributed by atoms with E-state index in [1.807, 2.05) is 0 Å². The summed E-state index contributed by atoms with van der Waals surface area (Å²) in [7, 11) is 0. The van der Waals surface area contributed by atoms with Crippen LogP contribution in [0.5, 0.6) is 0 Å². The van der Waals surface area contributed by atoms with E-state index in [9.17, 15) is 0 Å². The van der Waals surface area contributed by atoms with Crippen molar-refractivity contribution in [2.75, 3.05) is 0 Å². The molecule has 0 heterocycles. The third kappa shape index (κ3) is 5.47. The molecule has 0 spiro atoms. The highest BCUT2D eigenvalue weighted by Gasteiger charge is 1.75. The summed E-state index contributed by atoms with van der Waals surface area (Å²) in [4.78, 5) is 0. The first-order valence-corrected chi connectivity index (χ1v) is 2.57. The summed E-state index contributed by atoms with van der Waals surface area (Å²) in [5.41, 5.74) is 0. The molecule has 0 radical (unpaired) electrons. The number of unbranched alkanes of at least 4 members (excludes halogenated alkanes) is 2. The van der Waals surface area contributed by atoms with Crippen molar-refractivity contribution in [3.05, 3.63) is 0 Å². The zero-order chi connectivity index (χ0) is 5.54. The lowest BCUT2D eigenvalue weighted by Gasteiger charge is -1.82. The summed E-state index contributed by atoms with van der Waals surface area (Å²) in [6.07, 6.45) is 4.69. The second kappa shape index (κ2) is 5.47. The van der Waals surface area contributed by atoms with Crippen molar-refractivity contribution in [3.63, 3.8) is 0 Å². The van der Waals surface area contributed by atoms with Crippen molar-refractivity contribution in [3.8, 4) is 0 Å². The van der Waals surface area contributed by atoms with Gasteiger partial charge < -0.3 is 5.21 Å². The minimum atomic E-state index is 0.896. The Bertz CT molecular complexity index is 52.0. The number of oxime groups is 1. The maximum atomic E-state index is 7.86. The van der Waals surface area contributed by atoms with E-state index < -0.39 is 0 Å². The lowest BCUT2D eigenvalue weighted by molar-refractivity contribution is 0.320. The van der Waals surface area contributed by atoms with Crippen molar-refractivity contribution in [1.29, 1.82) is 0 Å². The largest absolute Gasteiger partial charge is 0.411 e. The Labute approximate surface area is 43.8 Å². The van der Waals surface area contributed by atoms with Gasteiger partial charge in [0.15, 0.2) is 0 Å². The fourth-order valence-electron chi connectivity index (χ4n) is 0.353.